The molecule has 0 bridgehead atoms. The Labute approximate surface area is 177 Å². The summed E-state index contributed by atoms with van der Waals surface area (Å²) < 4.78 is 5.10. The molecule has 0 spiro atoms. The first-order chi connectivity index (χ1) is 13.9. The molecule has 1 saturated heterocycles. The van der Waals surface area contributed by atoms with Crippen molar-refractivity contribution in [3.05, 3.63) is 65.7 Å². The number of methoxy groups -OCH3 is 1. The van der Waals surface area contributed by atoms with Crippen LogP contribution in [0, 0.1) is 0 Å². The van der Waals surface area contributed by atoms with E-state index in [0.29, 0.717) is 27.3 Å². The molecule has 3 rings (SSSR count). The number of amides is 2. The number of benzene rings is 2. The van der Waals surface area contributed by atoms with E-state index in [-0.39, 0.29) is 18.2 Å². The summed E-state index contributed by atoms with van der Waals surface area (Å²) >= 11 is 7.04. The standard InChI is InChI=1S/C20H19ClN4O3S/c1-12(13-3-5-14(21)6-4-13)24-25-20-23-18(26)11-17(29-20)19(27)22-15-7-9-16(28-2)10-8-15/h3-10,17,24H,1,11H2,2H3,(H,22,27)(H,23,25,26)/t17-/m1/s1. The van der Waals surface area contributed by atoms with Gasteiger partial charge in [-0.2, -0.15) is 0 Å². The number of anilines is 1. The molecule has 3 N–H and O–H groups in total. The minimum Gasteiger partial charge on any atom is -0.497 e. The van der Waals surface area contributed by atoms with Crippen molar-refractivity contribution in [1.29, 1.82) is 0 Å². The van der Waals surface area contributed by atoms with E-state index < -0.39 is 5.25 Å². The summed E-state index contributed by atoms with van der Waals surface area (Å²) in [4.78, 5) is 24.6. The van der Waals surface area contributed by atoms with Crippen molar-refractivity contribution < 1.29 is 14.3 Å². The largest absolute Gasteiger partial charge is 0.497 e. The Kier molecular flexibility index (Phi) is 6.79. The third-order valence-electron chi connectivity index (χ3n) is 4.01. The van der Waals surface area contributed by atoms with E-state index in [1.807, 2.05) is 0 Å². The number of nitrogens with one attached hydrogen (secondary N) is 3. The molecule has 1 aliphatic heterocycles. The Morgan fingerprint density at radius 2 is 1.93 bits per heavy atom. The number of amidine groups is 1. The molecule has 2 amide bonds. The molecular weight excluding hydrogens is 412 g/mol. The number of halogens is 1. The van der Waals surface area contributed by atoms with E-state index in [9.17, 15) is 9.59 Å². The normalized spacial score (nSPS) is 17.4. The Hall–Kier alpha value is -2.97. The molecule has 0 radical (unpaired) electrons. The molecule has 2 aromatic carbocycles. The highest BCUT2D eigenvalue weighted by Gasteiger charge is 2.30. The number of thioether (sulfide) groups is 1. The maximum absolute atomic E-state index is 12.6. The van der Waals surface area contributed by atoms with Gasteiger partial charge in [0.1, 0.15) is 11.0 Å². The van der Waals surface area contributed by atoms with Gasteiger partial charge in [-0.05, 0) is 42.0 Å². The van der Waals surface area contributed by atoms with E-state index in [2.05, 4.69) is 27.7 Å². The number of carbonyl (C=O) groups excluding carboxylic acids is 2. The molecule has 0 unspecified atom stereocenters. The molecule has 0 aromatic heterocycles. The van der Waals surface area contributed by atoms with Crippen LogP contribution in [0.25, 0.3) is 5.70 Å². The van der Waals surface area contributed by atoms with Gasteiger partial charge >= 0.3 is 0 Å². The monoisotopic (exact) mass is 430 g/mol. The second-order valence-corrected chi connectivity index (χ2v) is 7.72. The van der Waals surface area contributed by atoms with Gasteiger partial charge in [-0.1, -0.05) is 42.1 Å². The predicted octanol–water partition coefficient (Wildman–Crippen LogP) is 3.44. The summed E-state index contributed by atoms with van der Waals surface area (Å²) in [6.45, 7) is 3.91. The third-order valence-corrected chi connectivity index (χ3v) is 5.34. The van der Waals surface area contributed by atoms with Crippen LogP contribution in [-0.2, 0) is 9.59 Å². The highest BCUT2D eigenvalue weighted by atomic mass is 35.5. The Bertz CT molecular complexity index is 945. The fourth-order valence-corrected chi connectivity index (χ4v) is 3.54. The summed E-state index contributed by atoms with van der Waals surface area (Å²) in [7, 11) is 1.57. The number of carbonyl (C=O) groups is 2. The number of rotatable bonds is 6. The second kappa shape index (κ2) is 9.49. The lowest BCUT2D eigenvalue weighted by atomic mass is 10.2. The fraction of sp³-hybridized carbons (Fsp3) is 0.150. The van der Waals surface area contributed by atoms with Gasteiger partial charge < -0.3 is 15.4 Å². The third kappa shape index (κ3) is 5.75. The number of hydrogen-bond donors (Lipinski definition) is 3. The van der Waals surface area contributed by atoms with Crippen molar-refractivity contribution in [3.8, 4) is 5.75 Å². The van der Waals surface area contributed by atoms with Gasteiger partial charge in [0.15, 0.2) is 5.17 Å². The topological polar surface area (TPSA) is 91.8 Å². The van der Waals surface area contributed by atoms with E-state index >= 15 is 0 Å². The molecule has 0 saturated carbocycles. The number of hydrazone groups is 1. The number of nitrogens with zero attached hydrogens (tertiary/aromatic N) is 1. The fourth-order valence-electron chi connectivity index (χ4n) is 2.48. The van der Waals surface area contributed by atoms with Crippen molar-refractivity contribution in [2.75, 3.05) is 12.4 Å². The minimum absolute atomic E-state index is 0.0593. The van der Waals surface area contributed by atoms with Gasteiger partial charge in [0, 0.05) is 17.1 Å². The lowest BCUT2D eigenvalue weighted by molar-refractivity contribution is -0.123. The average Bonchev–Trinajstić information content (AvgIpc) is 2.72. The quantitative estimate of drug-likeness (QED) is 0.610. The van der Waals surface area contributed by atoms with Crippen LogP contribution in [0.3, 0.4) is 0 Å². The molecule has 1 atom stereocenters. The summed E-state index contributed by atoms with van der Waals surface area (Å²) in [5, 5.41) is 9.93. The number of ether oxygens (including phenoxy) is 1. The highest BCUT2D eigenvalue weighted by molar-refractivity contribution is 8.15. The smallest absolute Gasteiger partial charge is 0.238 e. The first-order valence-electron chi connectivity index (χ1n) is 8.64. The van der Waals surface area contributed by atoms with Crippen molar-refractivity contribution in [2.45, 2.75) is 11.7 Å². The Morgan fingerprint density at radius 3 is 2.59 bits per heavy atom. The summed E-state index contributed by atoms with van der Waals surface area (Å²) in [5.41, 5.74) is 4.76. The van der Waals surface area contributed by atoms with E-state index in [1.54, 1.807) is 55.6 Å². The van der Waals surface area contributed by atoms with Crippen LogP contribution in [0.1, 0.15) is 12.0 Å². The number of hydrogen-bond acceptors (Lipinski definition) is 6. The zero-order valence-corrected chi connectivity index (χ0v) is 17.1. The molecule has 1 fully saturated rings. The van der Waals surface area contributed by atoms with Crippen LogP contribution in [0.15, 0.2) is 60.2 Å². The predicted molar refractivity (Wildman–Crippen MR) is 117 cm³/mol. The van der Waals surface area contributed by atoms with Crippen LogP contribution in [0.5, 0.6) is 5.75 Å². The minimum atomic E-state index is -0.602. The van der Waals surface area contributed by atoms with Gasteiger partial charge in [0.25, 0.3) is 0 Å². The summed E-state index contributed by atoms with van der Waals surface area (Å²) in [6.07, 6.45) is 0.0593. The van der Waals surface area contributed by atoms with Crippen molar-refractivity contribution in [3.63, 3.8) is 0 Å². The van der Waals surface area contributed by atoms with Crippen LogP contribution in [0.4, 0.5) is 5.69 Å². The van der Waals surface area contributed by atoms with Gasteiger partial charge in [-0.25, -0.2) is 0 Å². The van der Waals surface area contributed by atoms with Crippen molar-refractivity contribution in [2.24, 2.45) is 5.10 Å². The Morgan fingerprint density at radius 1 is 1.24 bits per heavy atom. The van der Waals surface area contributed by atoms with Crippen molar-refractivity contribution >= 4 is 51.7 Å². The van der Waals surface area contributed by atoms with E-state index in [4.69, 9.17) is 16.3 Å². The van der Waals surface area contributed by atoms with Crippen LogP contribution in [0.2, 0.25) is 5.02 Å². The Balaban J connectivity index is 1.62. The van der Waals surface area contributed by atoms with Crippen LogP contribution < -0.4 is 20.8 Å². The van der Waals surface area contributed by atoms with Gasteiger partial charge in [-0.15, -0.1) is 5.10 Å². The first-order valence-corrected chi connectivity index (χ1v) is 9.90. The molecule has 2 aromatic rings. The molecule has 7 nitrogen and oxygen atoms in total. The van der Waals surface area contributed by atoms with E-state index in [0.717, 1.165) is 5.56 Å². The van der Waals surface area contributed by atoms with E-state index in [1.165, 1.54) is 11.8 Å². The van der Waals surface area contributed by atoms with Crippen LogP contribution in [-0.4, -0.2) is 29.3 Å². The molecule has 29 heavy (non-hydrogen) atoms. The molecular formula is C20H19ClN4O3S. The molecule has 9 heteroatoms. The lowest BCUT2D eigenvalue weighted by Gasteiger charge is -2.22. The van der Waals surface area contributed by atoms with Gasteiger partial charge in [0.05, 0.1) is 12.8 Å². The zero-order chi connectivity index (χ0) is 20.8. The summed E-state index contributed by atoms with van der Waals surface area (Å²) in [6, 6.07) is 14.0. The SMILES string of the molecule is C=C(N/N=C1\NC(=O)C[C@H](C(=O)Nc2ccc(OC)cc2)S1)c1ccc(Cl)cc1. The van der Waals surface area contributed by atoms with Gasteiger partial charge in [0.2, 0.25) is 11.8 Å². The molecule has 150 valence electrons. The van der Waals surface area contributed by atoms with Crippen molar-refractivity contribution in [1.82, 2.24) is 10.7 Å². The maximum atomic E-state index is 12.6. The van der Waals surface area contributed by atoms with Gasteiger partial charge in [-0.3, -0.25) is 15.0 Å². The maximum Gasteiger partial charge on any atom is 0.238 e. The second-order valence-electron chi connectivity index (χ2n) is 6.09. The highest BCUT2D eigenvalue weighted by Crippen LogP contribution is 2.23. The lowest BCUT2D eigenvalue weighted by Crippen LogP contribution is -2.42. The average molecular weight is 431 g/mol. The zero-order valence-electron chi connectivity index (χ0n) is 15.6. The molecule has 0 aliphatic carbocycles. The molecule has 1 heterocycles. The first kappa shape index (κ1) is 20.8. The molecule has 1 aliphatic rings. The van der Waals surface area contributed by atoms with Crippen LogP contribution >= 0.6 is 23.4 Å². The summed E-state index contributed by atoms with van der Waals surface area (Å²) in [5.74, 6) is 0.131.